The lowest BCUT2D eigenvalue weighted by molar-refractivity contribution is -0.155. The first-order valence-electron chi connectivity index (χ1n) is 7.40. The molecule has 0 unspecified atom stereocenters. The number of hydrogen-bond donors (Lipinski definition) is 3. The number of hydrogen-bond acceptors (Lipinski definition) is 3. The van der Waals surface area contributed by atoms with Crippen LogP contribution in [0.1, 0.15) is 18.0 Å². The minimum Gasteiger partial charge on any atom is -0.497 e. The number of benzene rings is 1. The molecule has 5 nitrogen and oxygen atoms in total. The molecule has 0 saturated carbocycles. The molecule has 3 N–H and O–H groups in total. The minimum atomic E-state index is -4.63. The number of halogens is 3. The fourth-order valence-corrected chi connectivity index (χ4v) is 2.51. The van der Waals surface area contributed by atoms with Crippen LogP contribution in [0.15, 0.2) is 36.4 Å². The van der Waals surface area contributed by atoms with Gasteiger partial charge in [-0.3, -0.25) is 0 Å². The largest absolute Gasteiger partial charge is 0.497 e. The highest BCUT2D eigenvalue weighted by atomic mass is 19.4. The quantitative estimate of drug-likeness (QED) is 0.719. The third-order valence-electron chi connectivity index (χ3n) is 3.78. The first-order valence-corrected chi connectivity index (χ1v) is 7.40. The van der Waals surface area contributed by atoms with E-state index in [1.807, 2.05) is 5.32 Å². The van der Waals surface area contributed by atoms with Crippen LogP contribution in [0.2, 0.25) is 0 Å². The summed E-state index contributed by atoms with van der Waals surface area (Å²) in [6.45, 7) is -0.0622. The number of methoxy groups -OCH3 is 1. The molecule has 0 bridgehead atoms. The van der Waals surface area contributed by atoms with Crippen molar-refractivity contribution in [3.05, 3.63) is 42.0 Å². The van der Waals surface area contributed by atoms with Gasteiger partial charge < -0.3 is 20.5 Å². The van der Waals surface area contributed by atoms with E-state index in [0.717, 1.165) is 0 Å². The van der Waals surface area contributed by atoms with Gasteiger partial charge in [-0.1, -0.05) is 24.3 Å². The summed E-state index contributed by atoms with van der Waals surface area (Å²) in [7, 11) is 1.41. The normalized spacial score (nSPS) is 21.4. The van der Waals surface area contributed by atoms with E-state index < -0.39 is 24.3 Å². The SMILES string of the molecule is COc1ccc([C@H](NC(=O)N[C@@H]2C=C[C@H](CO)C2)C(F)(F)F)cc1. The molecule has 1 aliphatic rings. The van der Waals surface area contributed by atoms with Gasteiger partial charge in [-0.15, -0.1) is 0 Å². The van der Waals surface area contributed by atoms with Crippen molar-refractivity contribution in [3.63, 3.8) is 0 Å². The van der Waals surface area contributed by atoms with E-state index >= 15 is 0 Å². The van der Waals surface area contributed by atoms with Crippen LogP contribution in [0.5, 0.6) is 5.75 Å². The smallest absolute Gasteiger partial charge is 0.412 e. The van der Waals surface area contributed by atoms with E-state index in [9.17, 15) is 18.0 Å². The van der Waals surface area contributed by atoms with E-state index in [4.69, 9.17) is 9.84 Å². The van der Waals surface area contributed by atoms with Crippen molar-refractivity contribution in [3.8, 4) is 5.75 Å². The monoisotopic (exact) mass is 344 g/mol. The zero-order valence-corrected chi connectivity index (χ0v) is 13.0. The third kappa shape index (κ3) is 4.64. The van der Waals surface area contributed by atoms with Crippen LogP contribution in [-0.4, -0.2) is 37.1 Å². The van der Waals surface area contributed by atoms with E-state index in [-0.39, 0.29) is 18.1 Å². The van der Waals surface area contributed by atoms with Crippen LogP contribution >= 0.6 is 0 Å². The highest BCUT2D eigenvalue weighted by Crippen LogP contribution is 2.33. The van der Waals surface area contributed by atoms with Crippen molar-refractivity contribution in [1.29, 1.82) is 0 Å². The van der Waals surface area contributed by atoms with Crippen molar-refractivity contribution in [2.24, 2.45) is 5.92 Å². The van der Waals surface area contributed by atoms with Crippen LogP contribution < -0.4 is 15.4 Å². The highest BCUT2D eigenvalue weighted by Gasteiger charge is 2.42. The van der Waals surface area contributed by atoms with Crippen LogP contribution in [0, 0.1) is 5.92 Å². The Morgan fingerprint density at radius 3 is 2.50 bits per heavy atom. The number of carbonyl (C=O) groups excluding carboxylic acids is 1. The summed E-state index contributed by atoms with van der Waals surface area (Å²) in [6, 6.07) is 1.89. The maximum absolute atomic E-state index is 13.3. The Labute approximate surface area is 137 Å². The fraction of sp³-hybridized carbons (Fsp3) is 0.438. The summed E-state index contributed by atoms with van der Waals surface area (Å²) < 4.78 is 44.7. The molecule has 2 amide bonds. The lowest BCUT2D eigenvalue weighted by Gasteiger charge is -2.23. The molecule has 0 saturated heterocycles. The molecule has 1 aromatic rings. The molecule has 0 aliphatic heterocycles. The maximum atomic E-state index is 13.3. The summed E-state index contributed by atoms with van der Waals surface area (Å²) in [6.07, 6.45) is -0.777. The van der Waals surface area contributed by atoms with Gasteiger partial charge in [0.2, 0.25) is 0 Å². The lowest BCUT2D eigenvalue weighted by atomic mass is 10.1. The predicted molar refractivity (Wildman–Crippen MR) is 81.6 cm³/mol. The summed E-state index contributed by atoms with van der Waals surface area (Å²) in [5, 5.41) is 13.4. The number of carbonyl (C=O) groups is 1. The molecule has 1 aliphatic carbocycles. The topological polar surface area (TPSA) is 70.6 Å². The number of rotatable bonds is 5. The van der Waals surface area contributed by atoms with Gasteiger partial charge in [0, 0.05) is 18.6 Å². The second kappa shape index (κ2) is 7.57. The summed E-state index contributed by atoms with van der Waals surface area (Å²) in [5.74, 6) is 0.338. The van der Waals surface area contributed by atoms with Gasteiger partial charge in [-0.05, 0) is 24.1 Å². The Bertz CT molecular complexity index is 587. The van der Waals surface area contributed by atoms with Crippen molar-refractivity contribution in [2.75, 3.05) is 13.7 Å². The van der Waals surface area contributed by atoms with Crippen molar-refractivity contribution in [1.82, 2.24) is 10.6 Å². The third-order valence-corrected chi connectivity index (χ3v) is 3.78. The Morgan fingerprint density at radius 2 is 2.00 bits per heavy atom. The fourth-order valence-electron chi connectivity index (χ4n) is 2.51. The number of nitrogens with one attached hydrogen (secondary N) is 2. The molecule has 132 valence electrons. The number of aliphatic hydroxyl groups is 1. The zero-order chi connectivity index (χ0) is 17.7. The standard InChI is InChI=1S/C16H19F3N2O3/c1-24-13-6-3-11(4-7-13)14(16(17,18)19)21-15(23)20-12-5-2-10(8-12)9-22/h2-7,10,12,14,22H,8-9H2,1H3,(H2,20,21,23)/t10-,12+,14-/m0/s1. The Hall–Kier alpha value is -2.22. The average molecular weight is 344 g/mol. The molecule has 0 fully saturated rings. The lowest BCUT2D eigenvalue weighted by Crippen LogP contribution is -2.46. The Morgan fingerprint density at radius 1 is 1.33 bits per heavy atom. The van der Waals surface area contributed by atoms with Crippen LogP contribution in [0.25, 0.3) is 0 Å². The first-order chi connectivity index (χ1) is 11.3. The van der Waals surface area contributed by atoms with Gasteiger partial charge in [0.05, 0.1) is 7.11 Å². The zero-order valence-electron chi connectivity index (χ0n) is 13.0. The predicted octanol–water partition coefficient (Wildman–Crippen LogP) is 2.53. The number of aliphatic hydroxyl groups excluding tert-OH is 1. The molecule has 8 heteroatoms. The van der Waals surface area contributed by atoms with E-state index in [0.29, 0.717) is 12.2 Å². The van der Waals surface area contributed by atoms with E-state index in [2.05, 4.69) is 5.32 Å². The number of urea groups is 1. The summed E-state index contributed by atoms with van der Waals surface area (Å²) in [5.41, 5.74) is -0.0892. The molecule has 24 heavy (non-hydrogen) atoms. The van der Waals surface area contributed by atoms with Gasteiger partial charge >= 0.3 is 12.2 Å². The molecular formula is C16H19F3N2O3. The highest BCUT2D eigenvalue weighted by molar-refractivity contribution is 5.75. The van der Waals surface area contributed by atoms with Gasteiger partial charge in [0.15, 0.2) is 6.04 Å². The molecule has 0 radical (unpaired) electrons. The minimum absolute atomic E-state index is 0.0622. The average Bonchev–Trinajstić information content (AvgIpc) is 2.99. The summed E-state index contributed by atoms with van der Waals surface area (Å²) >= 11 is 0. The first kappa shape index (κ1) is 18.1. The van der Waals surface area contributed by atoms with E-state index in [1.165, 1.54) is 31.4 Å². The second-order valence-electron chi connectivity index (χ2n) is 5.54. The molecule has 0 spiro atoms. The van der Waals surface area contributed by atoms with Crippen LogP contribution in [0.4, 0.5) is 18.0 Å². The molecule has 0 aromatic heterocycles. The maximum Gasteiger partial charge on any atom is 0.412 e. The number of alkyl halides is 3. The van der Waals surface area contributed by atoms with Gasteiger partial charge in [-0.2, -0.15) is 13.2 Å². The van der Waals surface area contributed by atoms with Crippen molar-refractivity contribution in [2.45, 2.75) is 24.7 Å². The second-order valence-corrected chi connectivity index (χ2v) is 5.54. The molecule has 3 atom stereocenters. The molecule has 1 aromatic carbocycles. The van der Waals surface area contributed by atoms with Gasteiger partial charge in [-0.25, -0.2) is 4.79 Å². The van der Waals surface area contributed by atoms with Crippen LogP contribution in [-0.2, 0) is 0 Å². The number of amides is 2. The van der Waals surface area contributed by atoms with Crippen molar-refractivity contribution >= 4 is 6.03 Å². The summed E-state index contributed by atoms with van der Waals surface area (Å²) in [4.78, 5) is 11.9. The van der Waals surface area contributed by atoms with E-state index in [1.54, 1.807) is 12.2 Å². The Kier molecular flexibility index (Phi) is 5.71. The van der Waals surface area contributed by atoms with Crippen LogP contribution in [0.3, 0.4) is 0 Å². The molecule has 2 rings (SSSR count). The molecule has 0 heterocycles. The van der Waals surface area contributed by atoms with Crippen molar-refractivity contribution < 1.29 is 27.8 Å². The number of ether oxygens (including phenoxy) is 1. The molecular weight excluding hydrogens is 325 g/mol. The van der Waals surface area contributed by atoms with Gasteiger partial charge in [0.25, 0.3) is 0 Å². The van der Waals surface area contributed by atoms with Gasteiger partial charge in [0.1, 0.15) is 5.75 Å². The Balaban J connectivity index is 2.03.